The summed E-state index contributed by atoms with van der Waals surface area (Å²) < 4.78 is 11.2. The molecule has 0 bridgehead atoms. The van der Waals surface area contributed by atoms with Crippen molar-refractivity contribution in [1.82, 2.24) is 10.4 Å². The molecule has 0 radical (unpaired) electrons. The molecule has 1 aromatic heterocycles. The molecule has 10 heteroatoms. The largest absolute Gasteiger partial charge is 0.493 e. The van der Waals surface area contributed by atoms with E-state index < -0.39 is 0 Å². The van der Waals surface area contributed by atoms with E-state index >= 15 is 0 Å². The minimum atomic E-state index is -0.369. The van der Waals surface area contributed by atoms with Gasteiger partial charge >= 0.3 is 0 Å². The number of hydrazone groups is 1. The molecule has 156 valence electrons. The normalized spacial score (nSPS) is 10.9. The molecule has 0 aliphatic carbocycles. The molecule has 0 aliphatic rings. The standard InChI is InChI=1S/C20H18Cl2N4O3S/c1-11-18(30-20(23)25-11)19(27)26-24-9-12-4-6-16(17(8-12)28-2)29-10-13-3-5-14(21)15(22)7-13/h3-9H,10H2,1-2H3,(H2,23,25)(H,26,27). The van der Waals surface area contributed by atoms with Gasteiger partial charge in [0.15, 0.2) is 16.6 Å². The molecule has 0 atom stereocenters. The van der Waals surface area contributed by atoms with E-state index in [1.807, 2.05) is 6.07 Å². The van der Waals surface area contributed by atoms with Crippen molar-refractivity contribution in [2.24, 2.45) is 5.10 Å². The number of aromatic nitrogens is 1. The zero-order valence-corrected chi connectivity index (χ0v) is 18.4. The third-order valence-corrected chi connectivity index (χ3v) is 5.69. The van der Waals surface area contributed by atoms with Crippen LogP contribution < -0.4 is 20.6 Å². The van der Waals surface area contributed by atoms with Gasteiger partial charge in [-0.2, -0.15) is 5.10 Å². The van der Waals surface area contributed by atoms with Gasteiger partial charge < -0.3 is 15.2 Å². The van der Waals surface area contributed by atoms with Crippen molar-refractivity contribution in [3.8, 4) is 11.5 Å². The average molecular weight is 465 g/mol. The molecule has 7 nitrogen and oxygen atoms in total. The van der Waals surface area contributed by atoms with Crippen molar-refractivity contribution < 1.29 is 14.3 Å². The fraction of sp³-hybridized carbons (Fsp3) is 0.150. The molecule has 0 unspecified atom stereocenters. The number of benzene rings is 2. The Hall–Kier alpha value is -2.81. The van der Waals surface area contributed by atoms with Crippen LogP contribution in [0.3, 0.4) is 0 Å². The minimum Gasteiger partial charge on any atom is -0.493 e. The molecule has 0 saturated carbocycles. The number of nitrogens with zero attached hydrogens (tertiary/aromatic N) is 2. The lowest BCUT2D eigenvalue weighted by Gasteiger charge is -2.11. The number of ether oxygens (including phenoxy) is 2. The number of rotatable bonds is 7. The van der Waals surface area contributed by atoms with Gasteiger partial charge in [0.1, 0.15) is 11.5 Å². The molecule has 0 fully saturated rings. The van der Waals surface area contributed by atoms with Crippen LogP contribution in [0.2, 0.25) is 10.0 Å². The SMILES string of the molecule is COc1cc(C=NNC(=O)c2sc(N)nc2C)ccc1OCc1ccc(Cl)c(Cl)c1. The summed E-state index contributed by atoms with van der Waals surface area (Å²) in [5.74, 6) is 0.712. The van der Waals surface area contributed by atoms with Crippen molar-refractivity contribution in [1.29, 1.82) is 0 Å². The molecule has 1 heterocycles. The van der Waals surface area contributed by atoms with Crippen LogP contribution >= 0.6 is 34.5 Å². The van der Waals surface area contributed by atoms with Crippen LogP contribution in [-0.2, 0) is 6.61 Å². The number of carbonyl (C=O) groups excluding carboxylic acids is 1. The summed E-state index contributed by atoms with van der Waals surface area (Å²) in [6.07, 6.45) is 1.50. The average Bonchev–Trinajstić information content (AvgIpc) is 3.07. The quantitative estimate of drug-likeness (QED) is 0.390. The number of nitrogens with two attached hydrogens (primary N) is 1. The number of methoxy groups -OCH3 is 1. The summed E-state index contributed by atoms with van der Waals surface area (Å²) in [6.45, 7) is 2.02. The lowest BCUT2D eigenvalue weighted by atomic mass is 10.2. The number of anilines is 1. The van der Waals surface area contributed by atoms with Crippen molar-refractivity contribution >= 4 is 51.8 Å². The van der Waals surface area contributed by atoms with Crippen molar-refractivity contribution in [2.75, 3.05) is 12.8 Å². The number of carbonyl (C=O) groups is 1. The van der Waals surface area contributed by atoms with Gasteiger partial charge in [-0.15, -0.1) is 0 Å². The molecular weight excluding hydrogens is 447 g/mol. The molecule has 0 saturated heterocycles. The van der Waals surface area contributed by atoms with Gasteiger partial charge in [0.2, 0.25) is 0 Å². The monoisotopic (exact) mass is 464 g/mol. The van der Waals surface area contributed by atoms with Crippen LogP contribution in [0.15, 0.2) is 41.5 Å². The van der Waals surface area contributed by atoms with Crippen LogP contribution in [0.4, 0.5) is 5.13 Å². The summed E-state index contributed by atoms with van der Waals surface area (Å²) in [4.78, 5) is 16.6. The Kier molecular flexibility index (Phi) is 7.15. The predicted molar refractivity (Wildman–Crippen MR) is 120 cm³/mol. The second-order valence-corrected chi connectivity index (χ2v) is 7.96. The maximum Gasteiger partial charge on any atom is 0.283 e. The van der Waals surface area contributed by atoms with Crippen LogP contribution in [0.1, 0.15) is 26.5 Å². The summed E-state index contributed by atoms with van der Waals surface area (Å²) in [5.41, 5.74) is 10.2. The number of hydrogen-bond donors (Lipinski definition) is 2. The van der Waals surface area contributed by atoms with Gasteiger partial charge in [0.25, 0.3) is 5.91 Å². The van der Waals surface area contributed by atoms with Gasteiger partial charge in [-0.3, -0.25) is 4.79 Å². The van der Waals surface area contributed by atoms with E-state index in [1.54, 1.807) is 44.4 Å². The second kappa shape index (κ2) is 9.80. The van der Waals surface area contributed by atoms with E-state index in [0.717, 1.165) is 22.5 Å². The highest BCUT2D eigenvalue weighted by Gasteiger charge is 2.13. The first-order valence-corrected chi connectivity index (χ1v) is 10.3. The topological polar surface area (TPSA) is 98.8 Å². The fourth-order valence-electron chi connectivity index (χ4n) is 2.52. The lowest BCUT2D eigenvalue weighted by molar-refractivity contribution is 0.0958. The van der Waals surface area contributed by atoms with E-state index in [1.165, 1.54) is 6.21 Å². The Morgan fingerprint density at radius 1 is 1.23 bits per heavy atom. The van der Waals surface area contributed by atoms with E-state index in [9.17, 15) is 4.79 Å². The molecule has 2 aromatic carbocycles. The Labute approximate surface area is 187 Å². The van der Waals surface area contributed by atoms with Crippen molar-refractivity contribution in [3.05, 3.63) is 68.1 Å². The number of amides is 1. The number of thiazole rings is 1. The molecule has 0 aliphatic heterocycles. The van der Waals surface area contributed by atoms with Gasteiger partial charge in [-0.05, 0) is 48.4 Å². The van der Waals surface area contributed by atoms with Crippen LogP contribution in [0.5, 0.6) is 11.5 Å². The fourth-order valence-corrected chi connectivity index (χ4v) is 3.56. The first kappa shape index (κ1) is 21.9. The van der Waals surface area contributed by atoms with Gasteiger partial charge in [-0.1, -0.05) is 40.6 Å². The van der Waals surface area contributed by atoms with Gasteiger partial charge in [0.05, 0.1) is 29.1 Å². The minimum absolute atomic E-state index is 0.300. The van der Waals surface area contributed by atoms with E-state index in [0.29, 0.717) is 43.9 Å². The maximum atomic E-state index is 12.1. The first-order chi connectivity index (χ1) is 14.4. The van der Waals surface area contributed by atoms with E-state index in [2.05, 4.69) is 15.5 Å². The Morgan fingerprint density at radius 3 is 2.70 bits per heavy atom. The Balaban J connectivity index is 1.64. The molecule has 3 rings (SSSR count). The van der Waals surface area contributed by atoms with Crippen LogP contribution in [0, 0.1) is 6.92 Å². The van der Waals surface area contributed by atoms with Crippen molar-refractivity contribution in [2.45, 2.75) is 13.5 Å². The third kappa shape index (κ3) is 5.41. The smallest absolute Gasteiger partial charge is 0.283 e. The highest BCUT2D eigenvalue weighted by atomic mass is 35.5. The molecule has 0 spiro atoms. The molecule has 30 heavy (non-hydrogen) atoms. The summed E-state index contributed by atoms with van der Waals surface area (Å²) in [6, 6.07) is 10.6. The lowest BCUT2D eigenvalue weighted by Crippen LogP contribution is -2.17. The zero-order chi connectivity index (χ0) is 21.7. The highest BCUT2D eigenvalue weighted by Crippen LogP contribution is 2.29. The number of hydrogen-bond acceptors (Lipinski definition) is 7. The second-order valence-electron chi connectivity index (χ2n) is 6.11. The third-order valence-electron chi connectivity index (χ3n) is 3.97. The molecule has 1 amide bonds. The maximum absolute atomic E-state index is 12.1. The molecule has 3 N–H and O–H groups in total. The summed E-state index contributed by atoms with van der Waals surface area (Å²) >= 11 is 13.1. The van der Waals surface area contributed by atoms with E-state index in [4.69, 9.17) is 38.4 Å². The predicted octanol–water partition coefficient (Wildman–Crippen LogP) is 4.69. The zero-order valence-electron chi connectivity index (χ0n) is 16.1. The number of aryl methyl sites for hydroxylation is 1. The molecule has 3 aromatic rings. The van der Waals surface area contributed by atoms with Gasteiger partial charge in [0, 0.05) is 0 Å². The van der Waals surface area contributed by atoms with Crippen molar-refractivity contribution in [3.63, 3.8) is 0 Å². The summed E-state index contributed by atoms with van der Waals surface area (Å²) in [5, 5.41) is 5.27. The summed E-state index contributed by atoms with van der Waals surface area (Å²) in [7, 11) is 1.54. The van der Waals surface area contributed by atoms with Crippen LogP contribution in [0.25, 0.3) is 0 Å². The highest BCUT2D eigenvalue weighted by molar-refractivity contribution is 7.17. The van der Waals surface area contributed by atoms with Gasteiger partial charge in [-0.25, -0.2) is 10.4 Å². The van der Waals surface area contributed by atoms with E-state index in [-0.39, 0.29) is 5.91 Å². The number of nitrogen functional groups attached to an aromatic ring is 1. The first-order valence-electron chi connectivity index (χ1n) is 8.68. The van der Waals surface area contributed by atoms with Crippen LogP contribution in [-0.4, -0.2) is 24.2 Å². The number of halogens is 2. The Bertz CT molecular complexity index is 1100. The molecular formula is C20H18Cl2N4O3S. The Morgan fingerprint density at radius 2 is 2.03 bits per heavy atom. The number of nitrogens with one attached hydrogen (secondary N) is 1.